The number of morpholine rings is 1. The van der Waals surface area contributed by atoms with Gasteiger partial charge in [-0.05, 0) is 31.4 Å². The van der Waals surface area contributed by atoms with Gasteiger partial charge < -0.3 is 9.64 Å². The predicted molar refractivity (Wildman–Crippen MR) is 84.6 cm³/mol. The molecule has 0 aliphatic carbocycles. The highest BCUT2D eigenvalue weighted by Crippen LogP contribution is 2.22. The maximum atomic E-state index is 12.0. The van der Waals surface area contributed by atoms with Crippen LogP contribution in [0.15, 0.2) is 24.3 Å². The Balaban J connectivity index is 1.42. The molecule has 1 aromatic carbocycles. The molecule has 2 heterocycles. The van der Waals surface area contributed by atoms with Gasteiger partial charge in [-0.3, -0.25) is 4.79 Å². The fraction of sp³-hybridized carbons (Fsp3) is 0.500. The summed E-state index contributed by atoms with van der Waals surface area (Å²) < 4.78 is 6.51. The summed E-state index contributed by atoms with van der Waals surface area (Å²) >= 11 is 1.76. The average molecular weight is 304 g/mol. The molecular formula is C16H20N2O2S. The number of para-hydroxylation sites is 1. The topological polar surface area (TPSA) is 42.4 Å². The molecule has 0 unspecified atom stereocenters. The number of hydrogen-bond donors (Lipinski definition) is 0. The first-order valence-corrected chi connectivity index (χ1v) is 8.34. The SMILES string of the molecule is O=C(CCCCc1nc2ccccc2s1)N1CCOCC1. The van der Waals surface area contributed by atoms with Crippen LogP contribution in [-0.2, 0) is 16.0 Å². The minimum Gasteiger partial charge on any atom is -0.378 e. The molecule has 0 N–H and O–H groups in total. The third kappa shape index (κ3) is 3.80. The van der Waals surface area contributed by atoms with Gasteiger partial charge in [0.15, 0.2) is 0 Å². The molecule has 0 bridgehead atoms. The standard InChI is InChI=1S/C16H20N2O2S/c19-16(18-9-11-20-12-10-18)8-4-3-7-15-17-13-5-1-2-6-14(13)21-15/h1-2,5-6H,3-4,7-12H2. The second kappa shape index (κ2) is 7.00. The Labute approximate surface area is 128 Å². The molecule has 0 spiro atoms. The smallest absolute Gasteiger partial charge is 0.222 e. The lowest BCUT2D eigenvalue weighted by Gasteiger charge is -2.26. The van der Waals surface area contributed by atoms with E-state index in [0.29, 0.717) is 19.6 Å². The Bertz CT molecular complexity index is 572. The van der Waals surface area contributed by atoms with Gasteiger partial charge in [-0.1, -0.05) is 12.1 Å². The van der Waals surface area contributed by atoms with E-state index >= 15 is 0 Å². The number of ether oxygens (including phenoxy) is 1. The molecule has 0 radical (unpaired) electrons. The van der Waals surface area contributed by atoms with Crippen molar-refractivity contribution in [2.75, 3.05) is 26.3 Å². The summed E-state index contributed by atoms with van der Waals surface area (Å²) in [5.74, 6) is 0.266. The summed E-state index contributed by atoms with van der Waals surface area (Å²) in [7, 11) is 0. The van der Waals surface area contributed by atoms with E-state index in [2.05, 4.69) is 17.1 Å². The number of rotatable bonds is 5. The van der Waals surface area contributed by atoms with Crippen LogP contribution in [0.3, 0.4) is 0 Å². The third-order valence-corrected chi connectivity index (χ3v) is 4.83. The van der Waals surface area contributed by atoms with E-state index < -0.39 is 0 Å². The highest BCUT2D eigenvalue weighted by atomic mass is 32.1. The first-order chi connectivity index (χ1) is 10.3. The maximum absolute atomic E-state index is 12.0. The van der Waals surface area contributed by atoms with Gasteiger partial charge in [0.05, 0.1) is 28.4 Å². The quantitative estimate of drug-likeness (QED) is 0.798. The number of nitrogens with zero attached hydrogens (tertiary/aromatic N) is 2. The number of fused-ring (bicyclic) bond motifs is 1. The van der Waals surface area contributed by atoms with Gasteiger partial charge in [0.25, 0.3) is 0 Å². The Kier molecular flexibility index (Phi) is 4.83. The van der Waals surface area contributed by atoms with Gasteiger partial charge in [-0.15, -0.1) is 11.3 Å². The molecule has 1 saturated heterocycles. The molecule has 1 aromatic heterocycles. The zero-order chi connectivity index (χ0) is 14.5. The highest BCUT2D eigenvalue weighted by Gasteiger charge is 2.16. The molecule has 1 aliphatic heterocycles. The van der Waals surface area contributed by atoms with Crippen LogP contribution < -0.4 is 0 Å². The van der Waals surface area contributed by atoms with E-state index in [4.69, 9.17) is 4.74 Å². The molecular weight excluding hydrogens is 284 g/mol. The Morgan fingerprint density at radius 3 is 2.86 bits per heavy atom. The van der Waals surface area contributed by atoms with Crippen molar-refractivity contribution in [1.29, 1.82) is 0 Å². The van der Waals surface area contributed by atoms with Crippen molar-refractivity contribution in [2.45, 2.75) is 25.7 Å². The van der Waals surface area contributed by atoms with E-state index in [1.54, 1.807) is 11.3 Å². The summed E-state index contributed by atoms with van der Waals surface area (Å²) in [4.78, 5) is 18.6. The second-order valence-electron chi connectivity index (χ2n) is 5.28. The zero-order valence-corrected chi connectivity index (χ0v) is 12.9. The normalized spacial score (nSPS) is 15.5. The molecule has 1 fully saturated rings. The molecule has 2 aromatic rings. The number of unbranched alkanes of at least 4 members (excludes halogenated alkanes) is 1. The molecule has 3 rings (SSSR count). The fourth-order valence-electron chi connectivity index (χ4n) is 2.55. The number of hydrogen-bond acceptors (Lipinski definition) is 4. The van der Waals surface area contributed by atoms with Gasteiger partial charge in [0, 0.05) is 19.5 Å². The number of aryl methyl sites for hydroxylation is 1. The van der Waals surface area contributed by atoms with Crippen molar-refractivity contribution in [3.63, 3.8) is 0 Å². The molecule has 112 valence electrons. The number of thiazole rings is 1. The molecule has 5 heteroatoms. The van der Waals surface area contributed by atoms with Crippen molar-refractivity contribution in [3.8, 4) is 0 Å². The van der Waals surface area contributed by atoms with Gasteiger partial charge >= 0.3 is 0 Å². The van der Waals surface area contributed by atoms with Crippen molar-refractivity contribution in [3.05, 3.63) is 29.3 Å². The number of benzene rings is 1. The van der Waals surface area contributed by atoms with E-state index in [1.807, 2.05) is 17.0 Å². The largest absolute Gasteiger partial charge is 0.378 e. The van der Waals surface area contributed by atoms with Crippen molar-refractivity contribution in [1.82, 2.24) is 9.88 Å². The van der Waals surface area contributed by atoms with Crippen LogP contribution in [0.2, 0.25) is 0 Å². The molecule has 1 amide bonds. The van der Waals surface area contributed by atoms with Crippen molar-refractivity contribution in [2.24, 2.45) is 0 Å². The number of carbonyl (C=O) groups excluding carboxylic acids is 1. The van der Waals surface area contributed by atoms with E-state index in [1.165, 1.54) is 9.71 Å². The van der Waals surface area contributed by atoms with Gasteiger partial charge in [0.1, 0.15) is 0 Å². The summed E-state index contributed by atoms with van der Waals surface area (Å²) in [6.45, 7) is 2.85. The number of carbonyl (C=O) groups is 1. The fourth-order valence-corrected chi connectivity index (χ4v) is 3.56. The van der Waals surface area contributed by atoms with Crippen LogP contribution in [0.4, 0.5) is 0 Å². The summed E-state index contributed by atoms with van der Waals surface area (Å²) in [5, 5.41) is 1.18. The van der Waals surface area contributed by atoms with Crippen LogP contribution in [0.1, 0.15) is 24.3 Å². The van der Waals surface area contributed by atoms with Crippen molar-refractivity contribution >= 4 is 27.5 Å². The maximum Gasteiger partial charge on any atom is 0.222 e. The molecule has 21 heavy (non-hydrogen) atoms. The first-order valence-electron chi connectivity index (χ1n) is 7.53. The van der Waals surface area contributed by atoms with Gasteiger partial charge in [-0.25, -0.2) is 4.98 Å². The molecule has 4 nitrogen and oxygen atoms in total. The van der Waals surface area contributed by atoms with Gasteiger partial charge in [-0.2, -0.15) is 0 Å². The summed E-state index contributed by atoms with van der Waals surface area (Å²) in [6, 6.07) is 8.23. The van der Waals surface area contributed by atoms with Crippen LogP contribution in [0.5, 0.6) is 0 Å². The Morgan fingerprint density at radius 1 is 1.24 bits per heavy atom. The van der Waals surface area contributed by atoms with E-state index in [0.717, 1.165) is 37.9 Å². The monoisotopic (exact) mass is 304 g/mol. The summed E-state index contributed by atoms with van der Waals surface area (Å²) in [6.07, 6.45) is 3.57. The van der Waals surface area contributed by atoms with Crippen molar-refractivity contribution < 1.29 is 9.53 Å². The minimum atomic E-state index is 0.266. The van der Waals surface area contributed by atoms with Crippen LogP contribution in [-0.4, -0.2) is 42.1 Å². The van der Waals surface area contributed by atoms with Crippen LogP contribution in [0, 0.1) is 0 Å². The second-order valence-corrected chi connectivity index (χ2v) is 6.39. The predicted octanol–water partition coefficient (Wildman–Crippen LogP) is 2.87. The molecule has 1 aliphatic rings. The number of aromatic nitrogens is 1. The number of amides is 1. The van der Waals surface area contributed by atoms with Crippen LogP contribution >= 0.6 is 11.3 Å². The van der Waals surface area contributed by atoms with E-state index in [9.17, 15) is 4.79 Å². The van der Waals surface area contributed by atoms with Gasteiger partial charge in [0.2, 0.25) is 5.91 Å². The third-order valence-electron chi connectivity index (χ3n) is 3.73. The van der Waals surface area contributed by atoms with E-state index in [-0.39, 0.29) is 5.91 Å². The highest BCUT2D eigenvalue weighted by molar-refractivity contribution is 7.18. The van der Waals surface area contributed by atoms with Crippen LogP contribution in [0.25, 0.3) is 10.2 Å². The Hall–Kier alpha value is -1.46. The minimum absolute atomic E-state index is 0.266. The lowest BCUT2D eigenvalue weighted by atomic mass is 10.2. The first kappa shape index (κ1) is 14.5. The molecule has 0 atom stereocenters. The Morgan fingerprint density at radius 2 is 2.05 bits per heavy atom. The average Bonchev–Trinajstić information content (AvgIpc) is 2.95. The summed E-state index contributed by atoms with van der Waals surface area (Å²) in [5.41, 5.74) is 1.09. The lowest BCUT2D eigenvalue weighted by molar-refractivity contribution is -0.135. The lowest BCUT2D eigenvalue weighted by Crippen LogP contribution is -2.40. The zero-order valence-electron chi connectivity index (χ0n) is 12.1. The molecule has 0 saturated carbocycles.